The fraction of sp³-hybridized carbons (Fsp3) is 0.440. The topological polar surface area (TPSA) is 145 Å². The molecule has 39 heavy (non-hydrogen) atoms. The Hall–Kier alpha value is -2.81. The van der Waals surface area contributed by atoms with Gasteiger partial charge in [0, 0.05) is 30.6 Å². The molecule has 0 saturated heterocycles. The van der Waals surface area contributed by atoms with Gasteiger partial charge in [-0.2, -0.15) is 8.42 Å². The number of nitrogens with zero attached hydrogens (tertiary/aromatic N) is 2. The molecule has 3 aliphatic carbocycles. The molecule has 3 saturated carbocycles. The van der Waals surface area contributed by atoms with Gasteiger partial charge >= 0.3 is 0 Å². The smallest absolute Gasteiger partial charge is 0.287 e. The number of thiophene rings is 1. The number of carbonyl (C=O) groups excluding carboxylic acids is 1. The largest absolute Gasteiger partial charge is 0.511 e. The number of rotatable bonds is 6. The molecule has 3 fully saturated rings. The van der Waals surface area contributed by atoms with Gasteiger partial charge in [0.1, 0.15) is 27.0 Å². The van der Waals surface area contributed by atoms with E-state index in [1.807, 2.05) is 0 Å². The highest BCUT2D eigenvalue weighted by molar-refractivity contribution is 7.91. The standard InChI is InChI=1S/C25H25FN4O6S3/c1-38(33,34)27-8-12-10-37-24-22(12)39(35,36)29-23(28-24)19-21(31)18-16-7-17(15-6-14(15)16)20(18)30(25(19)32)9-11-2-4-13(26)5-3-11/h2-5,10,14-18,20,27,31H,6-9H2,1H3,(H,28,29). The van der Waals surface area contributed by atoms with Crippen LogP contribution in [0.4, 0.5) is 9.39 Å². The Kier molecular flexibility index (Phi) is 5.39. The monoisotopic (exact) mass is 592 g/mol. The zero-order valence-corrected chi connectivity index (χ0v) is 23.1. The molecule has 1 aromatic carbocycles. The van der Waals surface area contributed by atoms with Gasteiger partial charge in [-0.15, -0.1) is 15.7 Å². The number of aliphatic hydroxyl groups is 1. The fourth-order valence-electron chi connectivity index (χ4n) is 7.23. The van der Waals surface area contributed by atoms with E-state index in [4.69, 9.17) is 0 Å². The number of sulfonamides is 2. The molecule has 14 heteroatoms. The van der Waals surface area contributed by atoms with Crippen molar-refractivity contribution in [2.75, 3.05) is 11.6 Å². The van der Waals surface area contributed by atoms with Crippen molar-refractivity contribution in [2.24, 2.45) is 34.0 Å². The predicted molar refractivity (Wildman–Crippen MR) is 141 cm³/mol. The normalized spacial score (nSPS) is 31.9. The van der Waals surface area contributed by atoms with E-state index in [2.05, 4.69) is 14.4 Å². The molecule has 6 unspecified atom stereocenters. The van der Waals surface area contributed by atoms with E-state index < -0.39 is 26.0 Å². The molecule has 0 spiro atoms. The molecule has 10 nitrogen and oxygen atoms in total. The van der Waals surface area contributed by atoms with Crippen LogP contribution in [-0.2, 0) is 37.9 Å². The molecule has 5 aliphatic rings. The SMILES string of the molecule is CS(=O)(=O)NCc1csc2c1S(=O)(=O)N=C(C1=C(O)C3C4CC(C5CC54)C3N(Cc3ccc(F)cc3)C1=O)N2. The molecule has 2 aromatic rings. The zero-order chi connectivity index (χ0) is 27.4. The van der Waals surface area contributed by atoms with Gasteiger partial charge in [-0.3, -0.25) is 4.79 Å². The number of carbonyl (C=O) groups is 1. The van der Waals surface area contributed by atoms with Crippen molar-refractivity contribution in [1.82, 2.24) is 9.62 Å². The molecule has 6 atom stereocenters. The Balaban J connectivity index is 1.28. The number of halogens is 1. The van der Waals surface area contributed by atoms with Crippen LogP contribution < -0.4 is 10.0 Å². The molecule has 7 rings (SSSR count). The summed E-state index contributed by atoms with van der Waals surface area (Å²) in [5.41, 5.74) is 0.797. The Morgan fingerprint density at radius 3 is 2.59 bits per heavy atom. The van der Waals surface area contributed by atoms with E-state index in [0.29, 0.717) is 11.8 Å². The first kappa shape index (κ1) is 25.2. The summed E-state index contributed by atoms with van der Waals surface area (Å²) < 4.78 is 69.4. The Bertz CT molecular complexity index is 1700. The molecular formula is C25H25FN4O6S3. The number of amides is 1. The highest BCUT2D eigenvalue weighted by Crippen LogP contribution is 2.70. The van der Waals surface area contributed by atoms with E-state index in [9.17, 15) is 31.1 Å². The number of nitrogens with one attached hydrogen (secondary N) is 2. The summed E-state index contributed by atoms with van der Waals surface area (Å²) in [6.45, 7) is -0.0343. The van der Waals surface area contributed by atoms with Crippen molar-refractivity contribution < 1.29 is 31.1 Å². The first-order valence-corrected chi connectivity index (χ1v) is 16.8. The highest BCUT2D eigenvalue weighted by atomic mass is 32.2. The van der Waals surface area contributed by atoms with Crippen LogP contribution in [0, 0.1) is 35.4 Å². The van der Waals surface area contributed by atoms with E-state index >= 15 is 0 Å². The number of benzene rings is 1. The summed E-state index contributed by atoms with van der Waals surface area (Å²) in [6.07, 6.45) is 2.95. The Morgan fingerprint density at radius 2 is 1.87 bits per heavy atom. The second-order valence-corrected chi connectivity index (χ2v) is 15.3. The zero-order valence-electron chi connectivity index (χ0n) is 20.7. The summed E-state index contributed by atoms with van der Waals surface area (Å²) in [5.74, 6) is -0.101. The first-order chi connectivity index (χ1) is 18.4. The van der Waals surface area contributed by atoms with Gasteiger partial charge in [0.05, 0.1) is 6.26 Å². The van der Waals surface area contributed by atoms with E-state index in [1.54, 1.807) is 17.0 Å². The molecule has 2 bridgehead atoms. The van der Waals surface area contributed by atoms with Crippen LogP contribution >= 0.6 is 11.3 Å². The van der Waals surface area contributed by atoms with Crippen LogP contribution in [-0.4, -0.2) is 50.9 Å². The minimum Gasteiger partial charge on any atom is -0.511 e. The third-order valence-corrected chi connectivity index (χ3v) is 11.9. The third-order valence-electron chi connectivity index (χ3n) is 8.76. The number of hydrogen-bond donors (Lipinski definition) is 3. The molecule has 1 amide bonds. The van der Waals surface area contributed by atoms with Crippen LogP contribution in [0.1, 0.15) is 24.0 Å². The van der Waals surface area contributed by atoms with Gasteiger partial charge < -0.3 is 15.3 Å². The molecule has 0 radical (unpaired) electrons. The lowest BCUT2D eigenvalue weighted by Crippen LogP contribution is -2.54. The first-order valence-electron chi connectivity index (χ1n) is 12.6. The van der Waals surface area contributed by atoms with Crippen LogP contribution in [0.2, 0.25) is 0 Å². The second-order valence-electron chi connectivity index (χ2n) is 11.0. The van der Waals surface area contributed by atoms with Crippen molar-refractivity contribution >= 4 is 48.1 Å². The van der Waals surface area contributed by atoms with E-state index in [1.165, 1.54) is 17.5 Å². The fourth-order valence-corrected chi connectivity index (χ4v) is 10.3. The van der Waals surface area contributed by atoms with Crippen LogP contribution in [0.5, 0.6) is 0 Å². The van der Waals surface area contributed by atoms with Crippen molar-refractivity contribution in [3.63, 3.8) is 0 Å². The van der Waals surface area contributed by atoms with Crippen molar-refractivity contribution in [1.29, 1.82) is 0 Å². The summed E-state index contributed by atoms with van der Waals surface area (Å²) in [5, 5.41) is 16.2. The average Bonchev–Trinajstić information content (AvgIpc) is 3.22. The molecule has 206 valence electrons. The third kappa shape index (κ3) is 3.94. The Labute approximate surface area is 228 Å². The van der Waals surface area contributed by atoms with Crippen molar-refractivity contribution in [3.8, 4) is 0 Å². The maximum atomic E-state index is 14.0. The van der Waals surface area contributed by atoms with Crippen molar-refractivity contribution in [3.05, 3.63) is 57.9 Å². The quantitative estimate of drug-likeness (QED) is 0.468. The van der Waals surface area contributed by atoms with Gasteiger partial charge in [0.25, 0.3) is 15.9 Å². The number of hydrogen-bond acceptors (Lipinski definition) is 8. The summed E-state index contributed by atoms with van der Waals surface area (Å²) in [4.78, 5) is 15.6. The lowest BCUT2D eigenvalue weighted by Gasteiger charge is -2.44. The number of amidine groups is 1. The van der Waals surface area contributed by atoms with Crippen molar-refractivity contribution in [2.45, 2.75) is 36.9 Å². The molecule has 1 aromatic heterocycles. The summed E-state index contributed by atoms with van der Waals surface area (Å²) >= 11 is 1.05. The summed E-state index contributed by atoms with van der Waals surface area (Å²) in [6, 6.07) is 5.69. The summed E-state index contributed by atoms with van der Waals surface area (Å²) in [7, 11) is -7.88. The van der Waals surface area contributed by atoms with E-state index in [0.717, 1.165) is 36.0 Å². The lowest BCUT2D eigenvalue weighted by molar-refractivity contribution is -0.134. The van der Waals surface area contributed by atoms with Crippen LogP contribution in [0.15, 0.2) is 50.3 Å². The highest BCUT2D eigenvalue weighted by Gasteiger charge is 2.69. The average molecular weight is 593 g/mol. The molecule has 3 heterocycles. The van der Waals surface area contributed by atoms with Gasteiger partial charge in [0.15, 0.2) is 5.84 Å². The van der Waals surface area contributed by atoms with Crippen LogP contribution in [0.25, 0.3) is 0 Å². The van der Waals surface area contributed by atoms with Gasteiger partial charge in [-0.05, 0) is 59.6 Å². The minimum atomic E-state index is -4.32. The Morgan fingerprint density at radius 1 is 1.18 bits per heavy atom. The predicted octanol–water partition coefficient (Wildman–Crippen LogP) is 2.57. The minimum absolute atomic E-state index is 0.126. The molecule has 2 aliphatic heterocycles. The molecular weight excluding hydrogens is 567 g/mol. The maximum absolute atomic E-state index is 14.0. The van der Waals surface area contributed by atoms with Crippen LogP contribution in [0.3, 0.4) is 0 Å². The number of anilines is 1. The van der Waals surface area contributed by atoms with Gasteiger partial charge in [-0.1, -0.05) is 12.1 Å². The molecule has 3 N–H and O–H groups in total. The lowest BCUT2D eigenvalue weighted by atomic mass is 9.77. The maximum Gasteiger partial charge on any atom is 0.287 e. The number of fused-ring (bicyclic) bond motifs is 9. The van der Waals surface area contributed by atoms with E-state index in [-0.39, 0.29) is 75.3 Å². The van der Waals surface area contributed by atoms with Gasteiger partial charge in [-0.25, -0.2) is 17.5 Å². The van der Waals surface area contributed by atoms with Gasteiger partial charge in [0.2, 0.25) is 10.0 Å². The number of aliphatic hydroxyl groups excluding tert-OH is 1. The second kappa shape index (κ2) is 8.35.